The van der Waals surface area contributed by atoms with Crippen LogP contribution in [0.15, 0.2) is 34.8 Å². The normalized spacial score (nSPS) is 16.7. The molecule has 0 spiro atoms. The smallest absolute Gasteiger partial charge is 0.169 e. The minimum absolute atomic E-state index is 0.0788. The van der Waals surface area contributed by atoms with Crippen molar-refractivity contribution in [2.75, 3.05) is 0 Å². The number of fused-ring (bicyclic) bond motifs is 2. The Hall–Kier alpha value is -1.59. The second-order valence-electron chi connectivity index (χ2n) is 4.11. The van der Waals surface area contributed by atoms with Gasteiger partial charge in [0, 0.05) is 21.7 Å². The van der Waals surface area contributed by atoms with Crippen LogP contribution in [-0.2, 0) is 0 Å². The fourth-order valence-corrected chi connectivity index (χ4v) is 2.45. The highest BCUT2D eigenvalue weighted by Gasteiger charge is 2.27. The van der Waals surface area contributed by atoms with Gasteiger partial charge in [-0.1, -0.05) is 15.9 Å². The molecule has 1 unspecified atom stereocenters. The van der Waals surface area contributed by atoms with Gasteiger partial charge in [-0.25, -0.2) is 4.39 Å². The van der Waals surface area contributed by atoms with E-state index < -0.39 is 11.9 Å². The molecule has 1 aliphatic rings. The molecule has 0 saturated heterocycles. The molecule has 1 heterocycles. The van der Waals surface area contributed by atoms with Crippen molar-refractivity contribution in [1.82, 2.24) is 0 Å². The van der Waals surface area contributed by atoms with Gasteiger partial charge in [-0.15, -0.1) is 0 Å². The van der Waals surface area contributed by atoms with E-state index in [9.17, 15) is 9.50 Å². The predicted molar refractivity (Wildman–Crippen MR) is 68.3 cm³/mol. The van der Waals surface area contributed by atoms with E-state index in [1.54, 1.807) is 12.1 Å². The number of aromatic hydroxyl groups is 1. The van der Waals surface area contributed by atoms with Crippen molar-refractivity contribution >= 4 is 15.9 Å². The molecule has 18 heavy (non-hydrogen) atoms. The molecule has 1 aliphatic heterocycles. The molecular weight excluding hydrogens is 301 g/mol. The Balaban J connectivity index is 2.22. The molecule has 0 fully saturated rings. The lowest BCUT2D eigenvalue weighted by atomic mass is 9.95. The van der Waals surface area contributed by atoms with E-state index >= 15 is 0 Å². The van der Waals surface area contributed by atoms with Gasteiger partial charge in [0.2, 0.25) is 0 Å². The zero-order chi connectivity index (χ0) is 12.9. The number of phenols is 1. The molecule has 5 heteroatoms. The second-order valence-corrected chi connectivity index (χ2v) is 5.02. The number of halogens is 2. The lowest BCUT2D eigenvalue weighted by Gasteiger charge is -2.26. The Morgan fingerprint density at radius 1 is 1.22 bits per heavy atom. The van der Waals surface area contributed by atoms with Gasteiger partial charge in [0.05, 0.1) is 6.04 Å². The van der Waals surface area contributed by atoms with Crippen molar-refractivity contribution in [2.45, 2.75) is 6.04 Å². The maximum atomic E-state index is 13.7. The molecule has 2 aromatic rings. The third-order valence-electron chi connectivity index (χ3n) is 2.91. The number of ether oxygens (including phenoxy) is 1. The van der Waals surface area contributed by atoms with Crippen LogP contribution in [-0.4, -0.2) is 5.11 Å². The zero-order valence-corrected chi connectivity index (χ0v) is 10.7. The third kappa shape index (κ3) is 1.67. The number of benzene rings is 2. The molecule has 0 bridgehead atoms. The molecular formula is C13H9BrFNO2. The van der Waals surface area contributed by atoms with Crippen LogP contribution in [0.3, 0.4) is 0 Å². The van der Waals surface area contributed by atoms with Gasteiger partial charge in [-0.2, -0.15) is 0 Å². The van der Waals surface area contributed by atoms with Gasteiger partial charge in [0.15, 0.2) is 11.6 Å². The number of hydrogen-bond donors (Lipinski definition) is 2. The average Bonchev–Trinajstić information content (AvgIpc) is 2.32. The van der Waals surface area contributed by atoms with E-state index in [0.717, 1.165) is 16.1 Å². The van der Waals surface area contributed by atoms with E-state index in [-0.39, 0.29) is 11.5 Å². The lowest BCUT2D eigenvalue weighted by molar-refractivity contribution is 0.403. The molecule has 0 amide bonds. The number of rotatable bonds is 0. The monoisotopic (exact) mass is 309 g/mol. The van der Waals surface area contributed by atoms with Crippen molar-refractivity contribution in [3.8, 4) is 17.2 Å². The average molecular weight is 310 g/mol. The van der Waals surface area contributed by atoms with Gasteiger partial charge in [0.25, 0.3) is 0 Å². The van der Waals surface area contributed by atoms with E-state index in [0.29, 0.717) is 11.3 Å². The zero-order valence-electron chi connectivity index (χ0n) is 9.15. The van der Waals surface area contributed by atoms with Crippen molar-refractivity contribution in [3.63, 3.8) is 0 Å². The summed E-state index contributed by atoms with van der Waals surface area (Å²) in [6, 6.07) is 7.26. The second kappa shape index (κ2) is 3.96. The van der Waals surface area contributed by atoms with Crippen LogP contribution in [0.2, 0.25) is 0 Å². The lowest BCUT2D eigenvalue weighted by Crippen LogP contribution is -2.18. The van der Waals surface area contributed by atoms with Crippen LogP contribution >= 0.6 is 15.9 Å². The van der Waals surface area contributed by atoms with E-state index in [4.69, 9.17) is 10.5 Å². The van der Waals surface area contributed by atoms with Gasteiger partial charge in [0.1, 0.15) is 11.5 Å². The Morgan fingerprint density at radius 3 is 2.78 bits per heavy atom. The van der Waals surface area contributed by atoms with Crippen molar-refractivity contribution in [1.29, 1.82) is 0 Å². The van der Waals surface area contributed by atoms with Crippen LogP contribution in [0.25, 0.3) is 0 Å². The highest BCUT2D eigenvalue weighted by atomic mass is 79.9. The summed E-state index contributed by atoms with van der Waals surface area (Å²) < 4.78 is 20.1. The number of phenolic OH excluding ortho intramolecular Hbond substituents is 1. The molecule has 0 aliphatic carbocycles. The summed E-state index contributed by atoms with van der Waals surface area (Å²) in [7, 11) is 0. The van der Waals surface area contributed by atoms with Gasteiger partial charge < -0.3 is 15.6 Å². The summed E-state index contributed by atoms with van der Waals surface area (Å²) >= 11 is 3.35. The number of nitrogens with two attached hydrogens (primary N) is 1. The van der Waals surface area contributed by atoms with E-state index in [2.05, 4.69) is 15.9 Å². The summed E-state index contributed by atoms with van der Waals surface area (Å²) in [5.74, 6) is -0.171. The molecule has 3 N–H and O–H groups in total. The summed E-state index contributed by atoms with van der Waals surface area (Å²) in [4.78, 5) is 0. The Kier molecular flexibility index (Phi) is 2.53. The topological polar surface area (TPSA) is 55.5 Å². The molecule has 0 radical (unpaired) electrons. The van der Waals surface area contributed by atoms with Gasteiger partial charge in [-0.05, 0) is 24.3 Å². The Morgan fingerprint density at radius 2 is 2.00 bits per heavy atom. The predicted octanol–water partition coefficient (Wildman–Crippen LogP) is 3.45. The Labute approximate surface area is 111 Å². The fourth-order valence-electron chi connectivity index (χ4n) is 2.07. The summed E-state index contributed by atoms with van der Waals surface area (Å²) in [6.45, 7) is 0. The van der Waals surface area contributed by atoms with Crippen LogP contribution in [0, 0.1) is 5.82 Å². The third-order valence-corrected chi connectivity index (χ3v) is 3.40. The number of hydrogen-bond acceptors (Lipinski definition) is 3. The molecule has 0 saturated carbocycles. The van der Waals surface area contributed by atoms with Gasteiger partial charge >= 0.3 is 0 Å². The standard InChI is InChI=1S/C13H9BrFNO2/c14-6-1-2-11-8(3-6)12(16)9-4-7(17)5-10(15)13(9)18-11/h1-5,12,17H,16H2. The SMILES string of the molecule is NC1c2cc(Br)ccc2Oc2c(F)cc(O)cc21. The first-order valence-electron chi connectivity index (χ1n) is 5.31. The maximum Gasteiger partial charge on any atom is 0.169 e. The maximum absolute atomic E-state index is 13.7. The molecule has 0 aromatic heterocycles. The summed E-state index contributed by atoms with van der Waals surface area (Å²) in [5.41, 5.74) is 7.28. The first-order chi connectivity index (χ1) is 8.56. The first kappa shape index (κ1) is 11.5. The van der Waals surface area contributed by atoms with Crippen LogP contribution < -0.4 is 10.5 Å². The molecule has 92 valence electrons. The largest absolute Gasteiger partial charge is 0.508 e. The van der Waals surface area contributed by atoms with Crippen molar-refractivity contribution < 1.29 is 14.2 Å². The summed E-state index contributed by atoms with van der Waals surface area (Å²) in [6.07, 6.45) is 0. The molecule has 2 aromatic carbocycles. The van der Waals surface area contributed by atoms with Gasteiger partial charge in [-0.3, -0.25) is 0 Å². The molecule has 1 atom stereocenters. The summed E-state index contributed by atoms with van der Waals surface area (Å²) in [5, 5.41) is 9.43. The Bertz CT molecular complexity index is 645. The molecule has 3 rings (SSSR count). The van der Waals surface area contributed by atoms with Crippen LogP contribution in [0.4, 0.5) is 4.39 Å². The first-order valence-corrected chi connectivity index (χ1v) is 6.11. The van der Waals surface area contributed by atoms with Crippen molar-refractivity contribution in [3.05, 3.63) is 51.7 Å². The minimum atomic E-state index is -0.617. The quantitative estimate of drug-likeness (QED) is 0.783. The fraction of sp³-hybridized carbons (Fsp3) is 0.0769. The van der Waals surface area contributed by atoms with Crippen molar-refractivity contribution in [2.24, 2.45) is 5.73 Å². The van der Waals surface area contributed by atoms with Crippen LogP contribution in [0.5, 0.6) is 17.2 Å². The van der Waals surface area contributed by atoms with Crippen LogP contribution in [0.1, 0.15) is 17.2 Å². The minimum Gasteiger partial charge on any atom is -0.508 e. The highest BCUT2D eigenvalue weighted by molar-refractivity contribution is 9.10. The van der Waals surface area contributed by atoms with E-state index in [1.165, 1.54) is 6.07 Å². The van der Waals surface area contributed by atoms with E-state index in [1.807, 2.05) is 6.07 Å². The molecule has 3 nitrogen and oxygen atoms in total. The highest BCUT2D eigenvalue weighted by Crippen LogP contribution is 2.45.